The highest BCUT2D eigenvalue weighted by Crippen LogP contribution is 2.26. The summed E-state index contributed by atoms with van der Waals surface area (Å²) in [5.74, 6) is 0. The second-order valence-corrected chi connectivity index (χ2v) is 7.03. The SMILES string of the molecule is CC(C)(C)OC(=O)N1CCC[C@H]1Cc1c[nH]c2ccccc12. The summed E-state index contributed by atoms with van der Waals surface area (Å²) >= 11 is 0. The molecule has 1 fully saturated rings. The molecule has 1 aromatic carbocycles. The Morgan fingerprint density at radius 1 is 1.36 bits per heavy atom. The number of benzene rings is 1. The molecule has 1 amide bonds. The molecule has 4 nitrogen and oxygen atoms in total. The molecule has 1 atom stereocenters. The van der Waals surface area contributed by atoms with Gasteiger partial charge in [0.15, 0.2) is 0 Å². The second kappa shape index (κ2) is 5.67. The average molecular weight is 300 g/mol. The molecule has 4 heteroatoms. The Morgan fingerprint density at radius 3 is 2.91 bits per heavy atom. The maximum absolute atomic E-state index is 12.4. The van der Waals surface area contributed by atoms with Crippen LogP contribution in [0.5, 0.6) is 0 Å². The topological polar surface area (TPSA) is 45.3 Å². The zero-order chi connectivity index (χ0) is 15.7. The summed E-state index contributed by atoms with van der Waals surface area (Å²) in [5, 5.41) is 1.25. The molecule has 0 spiro atoms. The van der Waals surface area contributed by atoms with Crippen molar-refractivity contribution in [1.29, 1.82) is 0 Å². The number of fused-ring (bicyclic) bond motifs is 1. The number of likely N-dealkylation sites (tertiary alicyclic amines) is 1. The zero-order valence-corrected chi connectivity index (χ0v) is 13.6. The van der Waals surface area contributed by atoms with Gasteiger partial charge in [-0.05, 0) is 51.7 Å². The lowest BCUT2D eigenvalue weighted by Crippen LogP contribution is -2.40. The molecular formula is C18H24N2O2. The minimum Gasteiger partial charge on any atom is -0.444 e. The first-order valence-corrected chi connectivity index (χ1v) is 7.99. The molecule has 0 aliphatic carbocycles. The van der Waals surface area contributed by atoms with Gasteiger partial charge in [-0.15, -0.1) is 0 Å². The van der Waals surface area contributed by atoms with Crippen LogP contribution in [0.15, 0.2) is 30.5 Å². The number of amides is 1. The van der Waals surface area contributed by atoms with Gasteiger partial charge in [-0.1, -0.05) is 18.2 Å². The molecule has 0 radical (unpaired) electrons. The highest BCUT2D eigenvalue weighted by Gasteiger charge is 2.32. The Bertz CT molecular complexity index is 669. The summed E-state index contributed by atoms with van der Waals surface area (Å²) in [6, 6.07) is 8.53. The van der Waals surface area contributed by atoms with Crippen molar-refractivity contribution in [3.8, 4) is 0 Å². The van der Waals surface area contributed by atoms with Crippen LogP contribution in [0.1, 0.15) is 39.2 Å². The molecule has 0 bridgehead atoms. The number of para-hydroxylation sites is 1. The largest absolute Gasteiger partial charge is 0.444 e. The lowest BCUT2D eigenvalue weighted by molar-refractivity contribution is 0.0227. The summed E-state index contributed by atoms with van der Waals surface area (Å²) in [7, 11) is 0. The molecule has 1 aliphatic heterocycles. The highest BCUT2D eigenvalue weighted by atomic mass is 16.6. The summed E-state index contributed by atoms with van der Waals surface area (Å²) in [6.45, 7) is 6.53. The number of aromatic nitrogens is 1. The summed E-state index contributed by atoms with van der Waals surface area (Å²) in [5.41, 5.74) is 1.99. The number of nitrogens with zero attached hydrogens (tertiary/aromatic N) is 1. The van der Waals surface area contributed by atoms with E-state index in [2.05, 4.69) is 29.4 Å². The summed E-state index contributed by atoms with van der Waals surface area (Å²) < 4.78 is 5.54. The number of carbonyl (C=O) groups excluding carboxylic acids is 1. The molecule has 22 heavy (non-hydrogen) atoms. The van der Waals surface area contributed by atoms with E-state index in [1.807, 2.05) is 31.7 Å². The molecular weight excluding hydrogens is 276 g/mol. The molecule has 1 N–H and O–H groups in total. The van der Waals surface area contributed by atoms with Gasteiger partial charge in [0, 0.05) is 29.7 Å². The van der Waals surface area contributed by atoms with Crippen LogP contribution in [0, 0.1) is 0 Å². The number of ether oxygens (including phenoxy) is 1. The summed E-state index contributed by atoms with van der Waals surface area (Å²) in [6.07, 6.45) is 4.85. The van der Waals surface area contributed by atoms with Crippen LogP contribution >= 0.6 is 0 Å². The number of H-pyrrole nitrogens is 1. The predicted molar refractivity (Wildman–Crippen MR) is 88.0 cm³/mol. The minimum absolute atomic E-state index is 0.185. The molecule has 0 unspecified atom stereocenters. The molecule has 1 aliphatic rings. The average Bonchev–Trinajstić information content (AvgIpc) is 3.05. The number of rotatable bonds is 2. The Morgan fingerprint density at radius 2 is 2.14 bits per heavy atom. The molecule has 2 aromatic rings. The second-order valence-electron chi connectivity index (χ2n) is 7.03. The number of carbonyl (C=O) groups is 1. The van der Waals surface area contributed by atoms with Crippen molar-refractivity contribution >= 4 is 17.0 Å². The maximum atomic E-state index is 12.4. The van der Waals surface area contributed by atoms with E-state index >= 15 is 0 Å². The molecule has 1 saturated heterocycles. The first-order chi connectivity index (χ1) is 10.4. The summed E-state index contributed by atoms with van der Waals surface area (Å²) in [4.78, 5) is 17.6. The van der Waals surface area contributed by atoms with Crippen molar-refractivity contribution in [2.45, 2.75) is 51.7 Å². The first kappa shape index (κ1) is 14.9. The van der Waals surface area contributed by atoms with Crippen LogP contribution in [0.4, 0.5) is 4.79 Å². The van der Waals surface area contributed by atoms with E-state index in [-0.39, 0.29) is 12.1 Å². The van der Waals surface area contributed by atoms with Gasteiger partial charge in [0.1, 0.15) is 5.60 Å². The normalized spacial score (nSPS) is 18.9. The fourth-order valence-corrected chi connectivity index (χ4v) is 3.16. The van der Waals surface area contributed by atoms with Crippen LogP contribution in [0.25, 0.3) is 10.9 Å². The number of hydrogen-bond donors (Lipinski definition) is 1. The highest BCUT2D eigenvalue weighted by molar-refractivity contribution is 5.83. The lowest BCUT2D eigenvalue weighted by Gasteiger charge is -2.28. The third-order valence-corrected chi connectivity index (χ3v) is 4.14. The fraction of sp³-hybridized carbons (Fsp3) is 0.500. The van der Waals surface area contributed by atoms with Crippen LogP contribution in [-0.2, 0) is 11.2 Å². The third-order valence-electron chi connectivity index (χ3n) is 4.14. The Labute approximate surface area is 131 Å². The quantitative estimate of drug-likeness (QED) is 0.907. The molecule has 3 rings (SSSR count). The van der Waals surface area contributed by atoms with Gasteiger partial charge in [-0.25, -0.2) is 4.79 Å². The number of nitrogens with one attached hydrogen (secondary N) is 1. The van der Waals surface area contributed by atoms with Crippen LogP contribution in [-0.4, -0.2) is 34.2 Å². The van der Waals surface area contributed by atoms with E-state index in [0.29, 0.717) is 0 Å². The molecule has 0 saturated carbocycles. The van der Waals surface area contributed by atoms with E-state index in [1.165, 1.54) is 10.9 Å². The first-order valence-electron chi connectivity index (χ1n) is 7.99. The van der Waals surface area contributed by atoms with Crippen molar-refractivity contribution in [3.05, 3.63) is 36.0 Å². The van der Waals surface area contributed by atoms with Crippen molar-refractivity contribution in [2.24, 2.45) is 0 Å². The van der Waals surface area contributed by atoms with Gasteiger partial charge in [0.25, 0.3) is 0 Å². The minimum atomic E-state index is -0.439. The van der Waals surface area contributed by atoms with E-state index in [0.717, 1.165) is 31.3 Å². The van der Waals surface area contributed by atoms with Crippen molar-refractivity contribution in [2.75, 3.05) is 6.54 Å². The number of aromatic amines is 1. The van der Waals surface area contributed by atoms with Crippen LogP contribution < -0.4 is 0 Å². The Kier molecular flexibility index (Phi) is 3.85. The van der Waals surface area contributed by atoms with E-state index in [1.54, 1.807) is 0 Å². The van der Waals surface area contributed by atoms with E-state index < -0.39 is 5.60 Å². The zero-order valence-electron chi connectivity index (χ0n) is 13.6. The number of hydrogen-bond acceptors (Lipinski definition) is 2. The maximum Gasteiger partial charge on any atom is 0.410 e. The van der Waals surface area contributed by atoms with Crippen molar-refractivity contribution < 1.29 is 9.53 Å². The van der Waals surface area contributed by atoms with E-state index in [9.17, 15) is 4.79 Å². The standard InChI is InChI=1S/C18H24N2O2/c1-18(2,3)22-17(21)20-10-6-7-14(20)11-13-12-19-16-9-5-4-8-15(13)16/h4-5,8-9,12,14,19H,6-7,10-11H2,1-3H3/t14-/m0/s1. The molecule has 1 aromatic heterocycles. The Hall–Kier alpha value is -1.97. The van der Waals surface area contributed by atoms with Crippen LogP contribution in [0.2, 0.25) is 0 Å². The monoisotopic (exact) mass is 300 g/mol. The smallest absolute Gasteiger partial charge is 0.410 e. The third kappa shape index (κ3) is 3.11. The Balaban J connectivity index is 1.75. The lowest BCUT2D eigenvalue weighted by atomic mass is 10.0. The van der Waals surface area contributed by atoms with Crippen LogP contribution in [0.3, 0.4) is 0 Å². The van der Waals surface area contributed by atoms with Crippen molar-refractivity contribution in [3.63, 3.8) is 0 Å². The molecule has 118 valence electrons. The molecule has 2 heterocycles. The van der Waals surface area contributed by atoms with Gasteiger partial charge < -0.3 is 14.6 Å². The van der Waals surface area contributed by atoms with Gasteiger partial charge >= 0.3 is 6.09 Å². The van der Waals surface area contributed by atoms with Gasteiger partial charge in [-0.3, -0.25) is 0 Å². The predicted octanol–water partition coefficient (Wildman–Crippen LogP) is 4.11. The van der Waals surface area contributed by atoms with Gasteiger partial charge in [-0.2, -0.15) is 0 Å². The fourth-order valence-electron chi connectivity index (χ4n) is 3.16. The van der Waals surface area contributed by atoms with Crippen molar-refractivity contribution in [1.82, 2.24) is 9.88 Å². The van der Waals surface area contributed by atoms with Gasteiger partial charge in [0.2, 0.25) is 0 Å². The van der Waals surface area contributed by atoms with E-state index in [4.69, 9.17) is 4.74 Å². The van der Waals surface area contributed by atoms with Gasteiger partial charge in [0.05, 0.1) is 0 Å².